The zero-order valence-corrected chi connectivity index (χ0v) is 4.94. The van der Waals surface area contributed by atoms with Crippen LogP contribution in [0, 0.1) is 5.92 Å². The molecule has 0 aromatic rings. The Bertz CT molecular complexity index is 94.4. The Balaban J connectivity index is 2.54. The lowest BCUT2D eigenvalue weighted by atomic mass is 10.1. The molecule has 7 heavy (non-hydrogen) atoms. The van der Waals surface area contributed by atoms with Gasteiger partial charge in [-0.1, -0.05) is 6.92 Å². The summed E-state index contributed by atoms with van der Waals surface area (Å²) in [5, 5.41) is 0. The molecule has 1 unspecified atom stereocenters. The molecule has 40 valence electrons. The van der Waals surface area contributed by atoms with Crippen molar-refractivity contribution < 1.29 is 0 Å². The van der Waals surface area contributed by atoms with Gasteiger partial charge in [0.15, 0.2) is 0 Å². The zero-order chi connectivity index (χ0) is 5.28. The monoisotopic (exact) mass is 97.1 g/mol. The summed E-state index contributed by atoms with van der Waals surface area (Å²) in [5.41, 5.74) is 1.33. The van der Waals surface area contributed by atoms with Crippen molar-refractivity contribution in [3.05, 3.63) is 0 Å². The van der Waals surface area contributed by atoms with E-state index < -0.39 is 0 Å². The topological polar surface area (TPSA) is 12.4 Å². The first kappa shape index (κ1) is 4.82. The third-order valence-electron chi connectivity index (χ3n) is 1.64. The van der Waals surface area contributed by atoms with Crippen LogP contribution in [0.3, 0.4) is 0 Å². The molecule has 0 aromatic heterocycles. The molecule has 1 aliphatic rings. The molecule has 0 N–H and O–H groups in total. The molecule has 0 aliphatic carbocycles. The molecule has 0 saturated heterocycles. The van der Waals surface area contributed by atoms with Crippen LogP contribution in [-0.2, 0) is 0 Å². The SMILES string of the molecule is CC1=NCCC1C. The fourth-order valence-corrected chi connectivity index (χ4v) is 0.799. The van der Waals surface area contributed by atoms with E-state index in [1.165, 1.54) is 12.1 Å². The van der Waals surface area contributed by atoms with E-state index in [0.717, 1.165) is 12.5 Å². The van der Waals surface area contributed by atoms with Crippen molar-refractivity contribution in [1.82, 2.24) is 0 Å². The van der Waals surface area contributed by atoms with Crippen LogP contribution >= 0.6 is 0 Å². The lowest BCUT2D eigenvalue weighted by Gasteiger charge is -1.95. The van der Waals surface area contributed by atoms with Crippen molar-refractivity contribution in [2.45, 2.75) is 20.3 Å². The Labute approximate surface area is 44.5 Å². The molecule has 0 radical (unpaired) electrons. The van der Waals surface area contributed by atoms with Crippen molar-refractivity contribution in [3.63, 3.8) is 0 Å². The molecule has 1 heteroatoms. The molecule has 1 atom stereocenters. The molecule has 0 spiro atoms. The molecule has 0 aromatic carbocycles. The maximum absolute atomic E-state index is 4.23. The van der Waals surface area contributed by atoms with Gasteiger partial charge in [-0.2, -0.15) is 0 Å². The smallest absolute Gasteiger partial charge is 0.0394 e. The third kappa shape index (κ3) is 0.817. The highest BCUT2D eigenvalue weighted by Crippen LogP contribution is 2.11. The van der Waals surface area contributed by atoms with E-state index in [2.05, 4.69) is 18.8 Å². The Morgan fingerprint density at radius 2 is 2.43 bits per heavy atom. The molecule has 0 fully saturated rings. The average Bonchev–Trinajstić information content (AvgIpc) is 1.91. The quantitative estimate of drug-likeness (QED) is 0.434. The first-order chi connectivity index (χ1) is 3.30. The van der Waals surface area contributed by atoms with E-state index in [1.807, 2.05) is 0 Å². The minimum absolute atomic E-state index is 0.764. The van der Waals surface area contributed by atoms with Crippen LogP contribution < -0.4 is 0 Å². The zero-order valence-electron chi connectivity index (χ0n) is 4.94. The van der Waals surface area contributed by atoms with Crippen LogP contribution in [0.1, 0.15) is 20.3 Å². The van der Waals surface area contributed by atoms with Gasteiger partial charge in [0.2, 0.25) is 0 Å². The molecule has 0 saturated carbocycles. The number of hydrogen-bond acceptors (Lipinski definition) is 1. The molecular weight excluding hydrogens is 86.1 g/mol. The van der Waals surface area contributed by atoms with Crippen LogP contribution in [0.2, 0.25) is 0 Å². The molecule has 1 heterocycles. The summed E-state index contributed by atoms with van der Waals surface area (Å²) in [6.45, 7) is 5.40. The highest BCUT2D eigenvalue weighted by atomic mass is 14.8. The second-order valence-corrected chi connectivity index (χ2v) is 2.21. The van der Waals surface area contributed by atoms with E-state index >= 15 is 0 Å². The normalized spacial score (nSPS) is 30.6. The predicted molar refractivity (Wildman–Crippen MR) is 31.8 cm³/mol. The summed E-state index contributed by atoms with van der Waals surface area (Å²) < 4.78 is 0. The van der Waals surface area contributed by atoms with E-state index in [0.29, 0.717) is 0 Å². The van der Waals surface area contributed by atoms with Gasteiger partial charge in [-0.3, -0.25) is 4.99 Å². The fourth-order valence-electron chi connectivity index (χ4n) is 0.799. The van der Waals surface area contributed by atoms with E-state index in [1.54, 1.807) is 0 Å². The van der Waals surface area contributed by atoms with Crippen LogP contribution in [0.4, 0.5) is 0 Å². The van der Waals surface area contributed by atoms with Crippen molar-refractivity contribution >= 4 is 5.71 Å². The van der Waals surface area contributed by atoms with E-state index in [-0.39, 0.29) is 0 Å². The summed E-state index contributed by atoms with van der Waals surface area (Å²) in [5.74, 6) is 0.764. The maximum Gasteiger partial charge on any atom is 0.0394 e. The maximum atomic E-state index is 4.23. The van der Waals surface area contributed by atoms with Gasteiger partial charge >= 0.3 is 0 Å². The largest absolute Gasteiger partial charge is 0.294 e. The molecule has 1 rings (SSSR count). The van der Waals surface area contributed by atoms with E-state index in [4.69, 9.17) is 0 Å². The summed E-state index contributed by atoms with van der Waals surface area (Å²) in [4.78, 5) is 4.23. The number of rotatable bonds is 0. The Hall–Kier alpha value is -0.330. The number of hydrogen-bond donors (Lipinski definition) is 0. The minimum atomic E-state index is 0.764. The molecule has 0 amide bonds. The molecule has 0 bridgehead atoms. The first-order valence-electron chi connectivity index (χ1n) is 2.81. The van der Waals surface area contributed by atoms with Crippen molar-refractivity contribution in [3.8, 4) is 0 Å². The first-order valence-corrected chi connectivity index (χ1v) is 2.81. The molecular formula is C6H11N. The molecule has 1 aliphatic heterocycles. The van der Waals surface area contributed by atoms with Gasteiger partial charge in [0.25, 0.3) is 0 Å². The highest BCUT2D eigenvalue weighted by Gasteiger charge is 2.09. The number of aliphatic imine (C=N–C) groups is 1. The van der Waals surface area contributed by atoms with Gasteiger partial charge in [-0.05, 0) is 19.3 Å². The second-order valence-electron chi connectivity index (χ2n) is 2.21. The van der Waals surface area contributed by atoms with Gasteiger partial charge in [0, 0.05) is 12.3 Å². The van der Waals surface area contributed by atoms with Crippen LogP contribution in [-0.4, -0.2) is 12.3 Å². The van der Waals surface area contributed by atoms with Gasteiger partial charge in [0.05, 0.1) is 0 Å². The Morgan fingerprint density at radius 1 is 1.71 bits per heavy atom. The van der Waals surface area contributed by atoms with Gasteiger partial charge in [-0.25, -0.2) is 0 Å². The second kappa shape index (κ2) is 1.65. The van der Waals surface area contributed by atoms with Crippen molar-refractivity contribution in [2.75, 3.05) is 6.54 Å². The standard InChI is InChI=1S/C6H11N/c1-5-3-4-7-6(5)2/h5H,3-4H2,1-2H3. The average molecular weight is 97.2 g/mol. The Morgan fingerprint density at radius 3 is 2.57 bits per heavy atom. The van der Waals surface area contributed by atoms with Crippen molar-refractivity contribution in [1.29, 1.82) is 0 Å². The van der Waals surface area contributed by atoms with Gasteiger partial charge in [0.1, 0.15) is 0 Å². The summed E-state index contributed by atoms with van der Waals surface area (Å²) in [7, 11) is 0. The summed E-state index contributed by atoms with van der Waals surface area (Å²) >= 11 is 0. The van der Waals surface area contributed by atoms with Crippen LogP contribution in [0.25, 0.3) is 0 Å². The lowest BCUT2D eigenvalue weighted by molar-refractivity contribution is 0.748. The van der Waals surface area contributed by atoms with Crippen molar-refractivity contribution in [2.24, 2.45) is 10.9 Å². The predicted octanol–water partition coefficient (Wildman–Crippen LogP) is 1.49. The summed E-state index contributed by atoms with van der Waals surface area (Å²) in [6.07, 6.45) is 1.27. The van der Waals surface area contributed by atoms with Crippen LogP contribution in [0.15, 0.2) is 4.99 Å². The number of nitrogens with zero attached hydrogens (tertiary/aromatic N) is 1. The summed E-state index contributed by atoms with van der Waals surface area (Å²) in [6, 6.07) is 0. The third-order valence-corrected chi connectivity index (χ3v) is 1.64. The lowest BCUT2D eigenvalue weighted by Crippen LogP contribution is -1.98. The van der Waals surface area contributed by atoms with E-state index in [9.17, 15) is 0 Å². The van der Waals surface area contributed by atoms with Gasteiger partial charge < -0.3 is 0 Å². The fraction of sp³-hybridized carbons (Fsp3) is 0.833. The Kier molecular flexibility index (Phi) is 1.13. The highest BCUT2D eigenvalue weighted by molar-refractivity contribution is 5.85. The van der Waals surface area contributed by atoms with Gasteiger partial charge in [-0.15, -0.1) is 0 Å². The van der Waals surface area contributed by atoms with Crippen LogP contribution in [0.5, 0.6) is 0 Å². The minimum Gasteiger partial charge on any atom is -0.294 e. The molecule has 1 nitrogen and oxygen atoms in total.